The molecule has 0 radical (unpaired) electrons. The van der Waals surface area contributed by atoms with E-state index in [1.54, 1.807) is 6.07 Å². The molecular weight excluding hydrogens is 224 g/mol. The van der Waals surface area contributed by atoms with E-state index in [0.29, 0.717) is 5.56 Å². The molecule has 0 aliphatic rings. The van der Waals surface area contributed by atoms with Gasteiger partial charge in [0, 0.05) is 11.1 Å². The molecule has 2 N–H and O–H groups in total. The van der Waals surface area contributed by atoms with Crippen LogP contribution in [0, 0.1) is 6.92 Å². The van der Waals surface area contributed by atoms with Crippen LogP contribution in [-0.4, -0.2) is 13.4 Å². The van der Waals surface area contributed by atoms with Crippen LogP contribution in [0.4, 0.5) is 0 Å². The van der Waals surface area contributed by atoms with Crippen LogP contribution in [0.15, 0.2) is 30.3 Å². The van der Waals surface area contributed by atoms with Crippen molar-refractivity contribution in [3.8, 4) is 0 Å². The lowest BCUT2D eigenvalue weighted by molar-refractivity contribution is 0.597. The Morgan fingerprint density at radius 2 is 2.00 bits per heavy atom. The van der Waals surface area contributed by atoms with Gasteiger partial charge in [-0.15, -0.1) is 0 Å². The Morgan fingerprint density at radius 3 is 2.69 bits per heavy atom. The van der Waals surface area contributed by atoms with Crippen LogP contribution in [0.2, 0.25) is 0 Å². The van der Waals surface area contributed by atoms with Crippen LogP contribution in [0.3, 0.4) is 0 Å². The molecule has 84 valence electrons. The fraction of sp³-hybridized carbons (Fsp3) is 0.182. The molecule has 0 unspecified atom stereocenters. The lowest BCUT2D eigenvalue weighted by atomic mass is 10.1. The van der Waals surface area contributed by atoms with Crippen LogP contribution in [0.25, 0.3) is 10.9 Å². The minimum atomic E-state index is -3.51. The van der Waals surface area contributed by atoms with Crippen LogP contribution in [0.1, 0.15) is 11.3 Å². The van der Waals surface area contributed by atoms with E-state index in [2.05, 4.69) is 4.98 Å². The Hall–Kier alpha value is -1.46. The van der Waals surface area contributed by atoms with Crippen molar-refractivity contribution in [2.24, 2.45) is 5.14 Å². The maximum Gasteiger partial charge on any atom is 0.213 e. The van der Waals surface area contributed by atoms with Crippen LogP contribution < -0.4 is 5.14 Å². The number of aryl methyl sites for hydroxylation is 1. The highest BCUT2D eigenvalue weighted by molar-refractivity contribution is 7.88. The highest BCUT2D eigenvalue weighted by Crippen LogP contribution is 2.19. The summed E-state index contributed by atoms with van der Waals surface area (Å²) in [6.45, 7) is 1.83. The third-order valence-electron chi connectivity index (χ3n) is 2.29. The highest BCUT2D eigenvalue weighted by atomic mass is 32.2. The van der Waals surface area contributed by atoms with Gasteiger partial charge in [0.05, 0.1) is 11.3 Å². The second kappa shape index (κ2) is 3.84. The first-order valence-electron chi connectivity index (χ1n) is 4.81. The average molecular weight is 236 g/mol. The maximum atomic E-state index is 11.1. The molecule has 0 bridgehead atoms. The monoisotopic (exact) mass is 236 g/mol. The summed E-state index contributed by atoms with van der Waals surface area (Å²) in [7, 11) is -3.51. The molecule has 1 heterocycles. The normalized spacial score (nSPS) is 11.9. The number of sulfonamides is 1. The summed E-state index contributed by atoms with van der Waals surface area (Å²) in [6, 6.07) is 9.19. The van der Waals surface area contributed by atoms with Crippen LogP contribution in [-0.2, 0) is 15.8 Å². The van der Waals surface area contributed by atoms with E-state index in [1.807, 2.05) is 31.2 Å². The van der Waals surface area contributed by atoms with Gasteiger partial charge in [-0.25, -0.2) is 13.6 Å². The smallest absolute Gasteiger partial charge is 0.213 e. The van der Waals surface area contributed by atoms with E-state index in [4.69, 9.17) is 5.14 Å². The topological polar surface area (TPSA) is 73.1 Å². The fourth-order valence-electron chi connectivity index (χ4n) is 1.73. The van der Waals surface area contributed by atoms with E-state index in [-0.39, 0.29) is 5.75 Å². The Balaban J connectivity index is 2.68. The number of nitrogens with two attached hydrogens (primary N) is 1. The van der Waals surface area contributed by atoms with E-state index in [9.17, 15) is 8.42 Å². The Bertz CT molecular complexity index is 635. The summed E-state index contributed by atoms with van der Waals surface area (Å²) >= 11 is 0. The molecule has 0 fully saturated rings. The van der Waals surface area contributed by atoms with E-state index in [1.165, 1.54) is 0 Å². The number of primary sulfonamides is 1. The first-order valence-corrected chi connectivity index (χ1v) is 6.53. The second-order valence-corrected chi connectivity index (χ2v) is 5.36. The summed E-state index contributed by atoms with van der Waals surface area (Å²) in [4.78, 5) is 4.33. The minimum absolute atomic E-state index is 0.156. The number of hydrogen-bond acceptors (Lipinski definition) is 3. The molecule has 0 spiro atoms. The highest BCUT2D eigenvalue weighted by Gasteiger charge is 2.09. The van der Waals surface area contributed by atoms with Crippen molar-refractivity contribution >= 4 is 20.9 Å². The maximum absolute atomic E-state index is 11.1. The summed E-state index contributed by atoms with van der Waals surface area (Å²) in [5.41, 5.74) is 2.28. The van der Waals surface area contributed by atoms with E-state index >= 15 is 0 Å². The van der Waals surface area contributed by atoms with Gasteiger partial charge in [0.15, 0.2) is 0 Å². The third-order valence-corrected chi connectivity index (χ3v) is 3.00. The molecule has 0 amide bonds. The van der Waals surface area contributed by atoms with Gasteiger partial charge >= 0.3 is 0 Å². The first kappa shape index (κ1) is 11.0. The molecule has 0 saturated heterocycles. The second-order valence-electron chi connectivity index (χ2n) is 3.75. The van der Waals surface area contributed by atoms with E-state index < -0.39 is 10.0 Å². The van der Waals surface area contributed by atoms with Gasteiger partial charge in [-0.1, -0.05) is 18.2 Å². The average Bonchev–Trinajstić information content (AvgIpc) is 2.14. The summed E-state index contributed by atoms with van der Waals surface area (Å²) < 4.78 is 22.2. The zero-order chi connectivity index (χ0) is 11.8. The van der Waals surface area contributed by atoms with Gasteiger partial charge in [-0.3, -0.25) is 4.98 Å². The van der Waals surface area contributed by atoms with E-state index in [0.717, 1.165) is 16.6 Å². The standard InChI is InChI=1S/C11H12N2O2S/c1-8-6-9(7-16(12,14)15)10-4-2-3-5-11(10)13-8/h2-6H,7H2,1H3,(H2,12,14,15). The third kappa shape index (κ3) is 2.37. The zero-order valence-corrected chi connectivity index (χ0v) is 9.66. The first-order chi connectivity index (χ1) is 7.46. The number of nitrogens with zero attached hydrogens (tertiary/aromatic N) is 1. The van der Waals surface area contributed by atoms with Crippen molar-refractivity contribution in [3.63, 3.8) is 0 Å². The molecule has 0 saturated carbocycles. The summed E-state index contributed by atoms with van der Waals surface area (Å²) in [5.74, 6) is -0.156. The SMILES string of the molecule is Cc1cc(CS(N)(=O)=O)c2ccccc2n1. The van der Waals surface area contributed by atoms with Crippen LogP contribution in [0.5, 0.6) is 0 Å². The fourth-order valence-corrected chi connectivity index (χ4v) is 2.40. The number of benzene rings is 1. The van der Waals surface area contributed by atoms with Gasteiger partial charge < -0.3 is 0 Å². The molecule has 1 aromatic heterocycles. The van der Waals surface area contributed by atoms with Crippen molar-refractivity contribution in [3.05, 3.63) is 41.6 Å². The molecule has 5 heteroatoms. The largest absolute Gasteiger partial charge is 0.253 e. The molecule has 0 aliphatic carbocycles. The lowest BCUT2D eigenvalue weighted by Gasteiger charge is -2.06. The van der Waals surface area contributed by atoms with Gasteiger partial charge in [-0.05, 0) is 24.6 Å². The van der Waals surface area contributed by atoms with Gasteiger partial charge in [0.2, 0.25) is 10.0 Å². The molecule has 2 aromatic rings. The minimum Gasteiger partial charge on any atom is -0.253 e. The van der Waals surface area contributed by atoms with Gasteiger partial charge in [-0.2, -0.15) is 0 Å². The Labute approximate surface area is 94.2 Å². The van der Waals surface area contributed by atoms with Crippen molar-refractivity contribution in [2.75, 3.05) is 0 Å². The predicted octanol–water partition coefficient (Wildman–Crippen LogP) is 1.33. The number of rotatable bonds is 2. The number of aromatic nitrogens is 1. The molecule has 1 aromatic carbocycles. The van der Waals surface area contributed by atoms with Gasteiger partial charge in [0.25, 0.3) is 0 Å². The quantitative estimate of drug-likeness (QED) is 0.855. The molecule has 0 aliphatic heterocycles. The zero-order valence-electron chi connectivity index (χ0n) is 8.84. The van der Waals surface area contributed by atoms with Crippen molar-refractivity contribution < 1.29 is 8.42 Å². The van der Waals surface area contributed by atoms with Crippen molar-refractivity contribution in [1.29, 1.82) is 0 Å². The molecular formula is C11H12N2O2S. The summed E-state index contributed by atoms with van der Waals surface area (Å²) in [5, 5.41) is 5.90. The Morgan fingerprint density at radius 1 is 1.31 bits per heavy atom. The Kier molecular flexibility index (Phi) is 2.65. The molecule has 16 heavy (non-hydrogen) atoms. The van der Waals surface area contributed by atoms with Gasteiger partial charge in [0.1, 0.15) is 0 Å². The predicted molar refractivity (Wildman–Crippen MR) is 63.3 cm³/mol. The lowest BCUT2D eigenvalue weighted by Crippen LogP contribution is -2.15. The molecule has 2 rings (SSSR count). The number of para-hydroxylation sites is 1. The van der Waals surface area contributed by atoms with Crippen molar-refractivity contribution in [1.82, 2.24) is 4.98 Å². The molecule has 0 atom stereocenters. The summed E-state index contributed by atoms with van der Waals surface area (Å²) in [6.07, 6.45) is 0. The van der Waals surface area contributed by atoms with Crippen molar-refractivity contribution in [2.45, 2.75) is 12.7 Å². The van der Waals surface area contributed by atoms with Crippen LogP contribution >= 0.6 is 0 Å². The number of hydrogen-bond donors (Lipinski definition) is 1. The molecule has 4 nitrogen and oxygen atoms in total. The number of fused-ring (bicyclic) bond motifs is 1. The number of pyridine rings is 1.